The SMILES string of the molecule is NC(Cc1ccc(F)cc1Cl)C1CC2CCC1O2. The minimum Gasteiger partial charge on any atom is -0.375 e. The van der Waals surface area contributed by atoms with Crippen LogP contribution in [0.3, 0.4) is 0 Å². The number of nitrogens with two attached hydrogens (primary N) is 1. The summed E-state index contributed by atoms with van der Waals surface area (Å²) in [7, 11) is 0. The van der Waals surface area contributed by atoms with E-state index in [-0.39, 0.29) is 11.9 Å². The standard InChI is InChI=1S/C14H17ClFNO/c15-12-6-9(16)2-1-8(12)5-13(17)11-7-10-3-4-14(11)18-10/h1-2,6,10-11,13-14H,3-5,7,17H2. The lowest BCUT2D eigenvalue weighted by Crippen LogP contribution is -2.38. The van der Waals surface area contributed by atoms with Gasteiger partial charge in [0, 0.05) is 17.0 Å². The van der Waals surface area contributed by atoms with E-state index in [9.17, 15) is 4.39 Å². The van der Waals surface area contributed by atoms with Crippen molar-refractivity contribution in [1.29, 1.82) is 0 Å². The summed E-state index contributed by atoms with van der Waals surface area (Å²) < 4.78 is 18.8. The monoisotopic (exact) mass is 269 g/mol. The van der Waals surface area contributed by atoms with E-state index in [1.54, 1.807) is 6.07 Å². The van der Waals surface area contributed by atoms with Gasteiger partial charge in [-0.15, -0.1) is 0 Å². The third-order valence-corrected chi connectivity index (χ3v) is 4.53. The maximum Gasteiger partial charge on any atom is 0.124 e. The predicted molar refractivity (Wildman–Crippen MR) is 69.1 cm³/mol. The third kappa shape index (κ3) is 2.27. The number of fused-ring (bicyclic) bond motifs is 2. The van der Waals surface area contributed by atoms with E-state index in [1.165, 1.54) is 18.6 Å². The van der Waals surface area contributed by atoms with E-state index in [0.717, 1.165) is 18.4 Å². The Kier molecular flexibility index (Phi) is 3.31. The summed E-state index contributed by atoms with van der Waals surface area (Å²) in [5, 5.41) is 0.467. The van der Waals surface area contributed by atoms with E-state index >= 15 is 0 Å². The van der Waals surface area contributed by atoms with Crippen LogP contribution in [0.4, 0.5) is 4.39 Å². The van der Waals surface area contributed by atoms with Crippen LogP contribution in [0.25, 0.3) is 0 Å². The molecule has 0 spiro atoms. The van der Waals surface area contributed by atoms with Crippen LogP contribution in [0.15, 0.2) is 18.2 Å². The molecule has 4 heteroatoms. The van der Waals surface area contributed by atoms with Crippen molar-refractivity contribution in [2.45, 2.75) is 43.9 Å². The Labute approximate surface area is 111 Å². The van der Waals surface area contributed by atoms with Crippen molar-refractivity contribution in [3.8, 4) is 0 Å². The fourth-order valence-corrected chi connectivity index (χ4v) is 3.46. The molecule has 2 heterocycles. The molecule has 0 aliphatic carbocycles. The summed E-state index contributed by atoms with van der Waals surface area (Å²) in [6.07, 6.45) is 4.78. The van der Waals surface area contributed by atoms with Crippen LogP contribution < -0.4 is 5.73 Å². The second-order valence-electron chi connectivity index (χ2n) is 5.38. The quantitative estimate of drug-likeness (QED) is 0.916. The average molecular weight is 270 g/mol. The molecule has 2 fully saturated rings. The first-order valence-corrected chi connectivity index (χ1v) is 6.86. The van der Waals surface area contributed by atoms with Gasteiger partial charge in [-0.2, -0.15) is 0 Å². The predicted octanol–water partition coefficient (Wildman–Crippen LogP) is 2.92. The molecular formula is C14H17ClFNO. The van der Waals surface area contributed by atoms with Gasteiger partial charge in [0.1, 0.15) is 5.82 Å². The van der Waals surface area contributed by atoms with E-state index in [4.69, 9.17) is 22.1 Å². The smallest absolute Gasteiger partial charge is 0.124 e. The van der Waals surface area contributed by atoms with Crippen LogP contribution >= 0.6 is 11.6 Å². The summed E-state index contributed by atoms with van der Waals surface area (Å²) in [6.45, 7) is 0. The van der Waals surface area contributed by atoms with Gasteiger partial charge in [0.05, 0.1) is 12.2 Å². The Bertz CT molecular complexity index is 453. The van der Waals surface area contributed by atoms with Crippen molar-refractivity contribution < 1.29 is 9.13 Å². The number of hydrogen-bond acceptors (Lipinski definition) is 2. The summed E-state index contributed by atoms with van der Waals surface area (Å²) in [4.78, 5) is 0. The first kappa shape index (κ1) is 12.4. The number of halogens is 2. The van der Waals surface area contributed by atoms with Crippen molar-refractivity contribution >= 4 is 11.6 Å². The lowest BCUT2D eigenvalue weighted by molar-refractivity contribution is 0.0885. The first-order valence-electron chi connectivity index (χ1n) is 6.48. The van der Waals surface area contributed by atoms with E-state index in [0.29, 0.717) is 29.6 Å². The van der Waals surface area contributed by atoms with Crippen LogP contribution in [-0.2, 0) is 11.2 Å². The highest BCUT2D eigenvalue weighted by molar-refractivity contribution is 6.31. The molecule has 2 saturated heterocycles. The molecule has 1 aromatic carbocycles. The molecule has 0 aromatic heterocycles. The molecule has 2 aliphatic heterocycles. The number of benzene rings is 1. The number of rotatable bonds is 3. The Morgan fingerprint density at radius 3 is 2.89 bits per heavy atom. The summed E-state index contributed by atoms with van der Waals surface area (Å²) >= 11 is 6.03. The molecule has 0 amide bonds. The Balaban J connectivity index is 1.69. The van der Waals surface area contributed by atoms with Crippen molar-refractivity contribution in [1.82, 2.24) is 0 Å². The van der Waals surface area contributed by atoms with E-state index in [1.807, 2.05) is 0 Å². The summed E-state index contributed by atoms with van der Waals surface area (Å²) in [5.74, 6) is 0.116. The molecule has 3 rings (SSSR count). The van der Waals surface area contributed by atoms with Gasteiger partial charge < -0.3 is 10.5 Å². The Morgan fingerprint density at radius 2 is 2.28 bits per heavy atom. The number of hydrogen-bond donors (Lipinski definition) is 1. The third-order valence-electron chi connectivity index (χ3n) is 4.17. The molecule has 2 bridgehead atoms. The second kappa shape index (κ2) is 4.80. The molecule has 1 aromatic rings. The molecule has 98 valence electrons. The molecule has 0 radical (unpaired) electrons. The zero-order chi connectivity index (χ0) is 12.7. The van der Waals surface area contributed by atoms with Gasteiger partial charge in [-0.25, -0.2) is 4.39 Å². The van der Waals surface area contributed by atoms with Gasteiger partial charge in [0.2, 0.25) is 0 Å². The maximum atomic E-state index is 13.0. The zero-order valence-electron chi connectivity index (χ0n) is 10.1. The summed E-state index contributed by atoms with van der Waals surface area (Å²) in [5.41, 5.74) is 7.20. The average Bonchev–Trinajstić information content (AvgIpc) is 2.94. The normalized spacial score (nSPS) is 31.8. The lowest BCUT2D eigenvalue weighted by Gasteiger charge is -2.25. The van der Waals surface area contributed by atoms with Crippen LogP contribution in [0.5, 0.6) is 0 Å². The van der Waals surface area contributed by atoms with Crippen LogP contribution in [0.2, 0.25) is 5.02 Å². The van der Waals surface area contributed by atoms with Gasteiger partial charge in [0.25, 0.3) is 0 Å². The van der Waals surface area contributed by atoms with Gasteiger partial charge in [-0.1, -0.05) is 17.7 Å². The van der Waals surface area contributed by atoms with Gasteiger partial charge in [0.15, 0.2) is 0 Å². The van der Waals surface area contributed by atoms with Crippen LogP contribution in [0.1, 0.15) is 24.8 Å². The van der Waals surface area contributed by atoms with Gasteiger partial charge >= 0.3 is 0 Å². The zero-order valence-corrected chi connectivity index (χ0v) is 10.9. The molecule has 2 nitrogen and oxygen atoms in total. The second-order valence-corrected chi connectivity index (χ2v) is 5.78. The van der Waals surface area contributed by atoms with E-state index < -0.39 is 0 Å². The highest BCUT2D eigenvalue weighted by Gasteiger charge is 2.43. The lowest BCUT2D eigenvalue weighted by atomic mass is 9.82. The molecule has 0 saturated carbocycles. The largest absolute Gasteiger partial charge is 0.375 e. The fourth-order valence-electron chi connectivity index (χ4n) is 3.22. The fraction of sp³-hybridized carbons (Fsp3) is 0.571. The highest BCUT2D eigenvalue weighted by atomic mass is 35.5. The van der Waals surface area contributed by atoms with Gasteiger partial charge in [-0.05, 0) is 43.4 Å². The number of ether oxygens (including phenoxy) is 1. The minimum absolute atomic E-state index is 0.0447. The van der Waals surface area contributed by atoms with Crippen molar-refractivity contribution in [3.05, 3.63) is 34.6 Å². The topological polar surface area (TPSA) is 35.2 Å². The molecular weight excluding hydrogens is 253 g/mol. The molecule has 4 atom stereocenters. The highest BCUT2D eigenvalue weighted by Crippen LogP contribution is 2.40. The molecule has 2 aliphatic rings. The van der Waals surface area contributed by atoms with Crippen molar-refractivity contribution in [3.63, 3.8) is 0 Å². The van der Waals surface area contributed by atoms with Crippen LogP contribution in [0, 0.1) is 11.7 Å². The Morgan fingerprint density at radius 1 is 1.44 bits per heavy atom. The first-order chi connectivity index (χ1) is 8.63. The molecule has 18 heavy (non-hydrogen) atoms. The van der Waals surface area contributed by atoms with E-state index in [2.05, 4.69) is 0 Å². The maximum absolute atomic E-state index is 13.0. The van der Waals surface area contributed by atoms with Crippen LogP contribution in [-0.4, -0.2) is 18.2 Å². The minimum atomic E-state index is -0.305. The van der Waals surface area contributed by atoms with Crippen molar-refractivity contribution in [2.75, 3.05) is 0 Å². The Hall–Kier alpha value is -0.640. The molecule has 2 N–H and O–H groups in total. The van der Waals surface area contributed by atoms with Crippen molar-refractivity contribution in [2.24, 2.45) is 11.7 Å². The van der Waals surface area contributed by atoms with Gasteiger partial charge in [-0.3, -0.25) is 0 Å². The molecule has 4 unspecified atom stereocenters. The summed E-state index contributed by atoms with van der Waals surface area (Å²) in [6, 6.07) is 4.56.